The van der Waals surface area contributed by atoms with Crippen molar-refractivity contribution in [2.24, 2.45) is 0 Å². The summed E-state index contributed by atoms with van der Waals surface area (Å²) in [5, 5.41) is 1.18. The second-order valence-corrected chi connectivity index (χ2v) is 5.77. The molecule has 1 aliphatic rings. The molecule has 3 aromatic rings. The summed E-state index contributed by atoms with van der Waals surface area (Å²) in [4.78, 5) is 14.4. The van der Waals surface area contributed by atoms with E-state index in [1.54, 1.807) is 0 Å². The number of hydrogen-bond donors (Lipinski definition) is 0. The van der Waals surface area contributed by atoms with Gasteiger partial charge in [-0.15, -0.1) is 0 Å². The van der Waals surface area contributed by atoms with Crippen molar-refractivity contribution < 1.29 is 4.79 Å². The Bertz CT molecular complexity index is 816. The molecule has 1 saturated heterocycles. The molecule has 4 rings (SSSR count). The van der Waals surface area contributed by atoms with Crippen molar-refractivity contribution in [3.05, 3.63) is 60.7 Å². The normalized spacial score (nSPS) is 14.1. The van der Waals surface area contributed by atoms with Crippen molar-refractivity contribution in [1.82, 2.24) is 9.47 Å². The molecule has 110 valence electrons. The van der Waals surface area contributed by atoms with Gasteiger partial charge in [0.2, 0.25) is 5.91 Å². The number of likely N-dealkylation sites (tertiary alicyclic amines) is 1. The van der Waals surface area contributed by atoms with Crippen molar-refractivity contribution in [3.63, 3.8) is 0 Å². The van der Waals surface area contributed by atoms with Crippen LogP contribution in [-0.2, 0) is 11.3 Å². The van der Waals surface area contributed by atoms with Gasteiger partial charge in [-0.25, -0.2) is 0 Å². The van der Waals surface area contributed by atoms with Gasteiger partial charge >= 0.3 is 0 Å². The number of carbonyl (C=O) groups is 1. The maximum atomic E-state index is 12.4. The van der Waals surface area contributed by atoms with Crippen LogP contribution in [0.4, 0.5) is 0 Å². The molecule has 0 spiro atoms. The number of benzene rings is 2. The average molecular weight is 290 g/mol. The van der Waals surface area contributed by atoms with E-state index in [9.17, 15) is 4.79 Å². The minimum absolute atomic E-state index is 0.213. The zero-order valence-corrected chi connectivity index (χ0v) is 12.4. The molecule has 22 heavy (non-hydrogen) atoms. The van der Waals surface area contributed by atoms with E-state index in [-0.39, 0.29) is 5.91 Å². The lowest BCUT2D eigenvalue weighted by atomic mass is 10.1. The number of nitrogens with zero attached hydrogens (tertiary/aromatic N) is 2. The van der Waals surface area contributed by atoms with Crippen molar-refractivity contribution in [1.29, 1.82) is 0 Å². The van der Waals surface area contributed by atoms with Crippen molar-refractivity contribution in [2.75, 3.05) is 13.1 Å². The highest BCUT2D eigenvalue weighted by atomic mass is 16.2. The first-order valence-corrected chi connectivity index (χ1v) is 7.74. The van der Waals surface area contributed by atoms with Crippen molar-refractivity contribution in [2.45, 2.75) is 13.0 Å². The lowest BCUT2D eigenvalue weighted by Crippen LogP contribution is -2.43. The first-order valence-electron chi connectivity index (χ1n) is 7.74. The second kappa shape index (κ2) is 5.34. The smallest absolute Gasteiger partial charge is 0.242 e. The zero-order valence-electron chi connectivity index (χ0n) is 12.4. The van der Waals surface area contributed by atoms with E-state index in [0.717, 1.165) is 36.3 Å². The van der Waals surface area contributed by atoms with Gasteiger partial charge in [-0.2, -0.15) is 0 Å². The third-order valence-electron chi connectivity index (χ3n) is 4.38. The molecule has 0 N–H and O–H groups in total. The van der Waals surface area contributed by atoms with Gasteiger partial charge in [-0.1, -0.05) is 48.5 Å². The van der Waals surface area contributed by atoms with E-state index in [4.69, 9.17) is 0 Å². The Hall–Kier alpha value is -2.55. The van der Waals surface area contributed by atoms with Gasteiger partial charge in [0.25, 0.3) is 0 Å². The lowest BCUT2D eigenvalue weighted by Gasteiger charge is -2.31. The molecule has 0 radical (unpaired) electrons. The van der Waals surface area contributed by atoms with Gasteiger partial charge < -0.3 is 9.47 Å². The van der Waals surface area contributed by atoms with E-state index >= 15 is 0 Å². The molecule has 3 heteroatoms. The Kier molecular flexibility index (Phi) is 3.19. The highest BCUT2D eigenvalue weighted by Crippen LogP contribution is 2.28. The molecule has 2 heterocycles. The van der Waals surface area contributed by atoms with Gasteiger partial charge in [-0.3, -0.25) is 4.79 Å². The maximum Gasteiger partial charge on any atom is 0.242 e. The Morgan fingerprint density at radius 1 is 0.955 bits per heavy atom. The van der Waals surface area contributed by atoms with Crippen molar-refractivity contribution in [3.8, 4) is 11.3 Å². The van der Waals surface area contributed by atoms with E-state index in [2.05, 4.69) is 34.9 Å². The van der Waals surface area contributed by atoms with E-state index in [0.29, 0.717) is 6.54 Å². The topological polar surface area (TPSA) is 25.2 Å². The fraction of sp³-hybridized carbons (Fsp3) is 0.211. The van der Waals surface area contributed by atoms with Crippen LogP contribution in [0.1, 0.15) is 6.42 Å². The van der Waals surface area contributed by atoms with Crippen LogP contribution >= 0.6 is 0 Å². The average Bonchev–Trinajstić information content (AvgIpc) is 2.85. The standard InChI is InChI=1S/C19H18N2O/c22-19(20-11-6-12-20)14-21-17-10-5-4-9-16(17)13-18(21)15-7-2-1-3-8-15/h1-5,7-10,13H,6,11-12,14H2. The Labute approximate surface area is 129 Å². The Morgan fingerprint density at radius 2 is 1.68 bits per heavy atom. The van der Waals surface area contributed by atoms with Crippen LogP contribution in [0, 0.1) is 0 Å². The number of para-hydroxylation sites is 1. The third-order valence-corrected chi connectivity index (χ3v) is 4.38. The summed E-state index contributed by atoms with van der Waals surface area (Å²) in [7, 11) is 0. The van der Waals surface area contributed by atoms with Crippen LogP contribution in [0.3, 0.4) is 0 Å². The second-order valence-electron chi connectivity index (χ2n) is 5.77. The van der Waals surface area contributed by atoms with Crippen LogP contribution in [0.15, 0.2) is 60.7 Å². The van der Waals surface area contributed by atoms with Crippen LogP contribution in [0.2, 0.25) is 0 Å². The SMILES string of the molecule is O=C(Cn1c(-c2ccccc2)cc2ccccc21)N1CCC1. The fourth-order valence-electron chi connectivity index (χ4n) is 3.03. The maximum absolute atomic E-state index is 12.4. The molecule has 0 aliphatic carbocycles. The summed E-state index contributed by atoms with van der Waals surface area (Å²) in [5.74, 6) is 0.213. The predicted octanol–water partition coefficient (Wildman–Crippen LogP) is 3.54. The number of rotatable bonds is 3. The Morgan fingerprint density at radius 3 is 2.41 bits per heavy atom. The Balaban J connectivity index is 1.81. The van der Waals surface area contributed by atoms with E-state index in [1.165, 1.54) is 5.39 Å². The van der Waals surface area contributed by atoms with Gasteiger partial charge in [0.15, 0.2) is 0 Å². The minimum atomic E-state index is 0.213. The molecule has 0 unspecified atom stereocenters. The van der Waals surface area contributed by atoms with Gasteiger partial charge in [0.1, 0.15) is 6.54 Å². The summed E-state index contributed by atoms with van der Waals surface area (Å²) in [5.41, 5.74) is 3.38. The molecule has 0 atom stereocenters. The summed E-state index contributed by atoms with van der Waals surface area (Å²) >= 11 is 0. The van der Waals surface area contributed by atoms with E-state index in [1.807, 2.05) is 35.2 Å². The highest BCUT2D eigenvalue weighted by Gasteiger charge is 2.22. The van der Waals surface area contributed by atoms with Crippen molar-refractivity contribution >= 4 is 16.8 Å². The molecule has 0 saturated carbocycles. The van der Waals surface area contributed by atoms with Gasteiger partial charge in [0.05, 0.1) is 0 Å². The zero-order chi connectivity index (χ0) is 14.9. The van der Waals surface area contributed by atoms with Crippen LogP contribution in [0.25, 0.3) is 22.2 Å². The quantitative estimate of drug-likeness (QED) is 0.724. The highest BCUT2D eigenvalue weighted by molar-refractivity contribution is 5.89. The lowest BCUT2D eigenvalue weighted by molar-refractivity contribution is -0.135. The fourth-order valence-corrected chi connectivity index (χ4v) is 3.03. The minimum Gasteiger partial charge on any atom is -0.341 e. The number of amides is 1. The molecule has 1 fully saturated rings. The molecule has 2 aromatic carbocycles. The number of hydrogen-bond acceptors (Lipinski definition) is 1. The number of aromatic nitrogens is 1. The molecule has 1 aliphatic heterocycles. The van der Waals surface area contributed by atoms with E-state index < -0.39 is 0 Å². The monoisotopic (exact) mass is 290 g/mol. The number of fused-ring (bicyclic) bond motifs is 1. The van der Waals surface area contributed by atoms with Crippen LogP contribution in [-0.4, -0.2) is 28.5 Å². The summed E-state index contributed by atoms with van der Waals surface area (Å²) < 4.78 is 2.14. The molecular formula is C19H18N2O. The third kappa shape index (κ3) is 2.19. The van der Waals surface area contributed by atoms with Crippen LogP contribution in [0.5, 0.6) is 0 Å². The number of carbonyl (C=O) groups excluding carboxylic acids is 1. The summed E-state index contributed by atoms with van der Waals surface area (Å²) in [6.07, 6.45) is 1.13. The largest absolute Gasteiger partial charge is 0.341 e. The van der Waals surface area contributed by atoms with Crippen LogP contribution < -0.4 is 0 Å². The summed E-state index contributed by atoms with van der Waals surface area (Å²) in [6, 6.07) is 20.7. The first-order chi connectivity index (χ1) is 10.8. The van der Waals surface area contributed by atoms with Gasteiger partial charge in [0, 0.05) is 29.7 Å². The van der Waals surface area contributed by atoms with Gasteiger partial charge in [-0.05, 0) is 24.1 Å². The molecule has 1 aromatic heterocycles. The summed E-state index contributed by atoms with van der Waals surface area (Å²) in [6.45, 7) is 2.22. The molecular weight excluding hydrogens is 272 g/mol. The predicted molar refractivity (Wildman–Crippen MR) is 88.6 cm³/mol. The molecule has 0 bridgehead atoms. The molecule has 1 amide bonds. The first kappa shape index (κ1) is 13.1. The molecule has 3 nitrogen and oxygen atoms in total.